The lowest BCUT2D eigenvalue weighted by Gasteiger charge is -2.33. The van der Waals surface area contributed by atoms with Crippen LogP contribution >= 0.6 is 0 Å². The molecule has 8 heteroatoms. The third-order valence-corrected chi connectivity index (χ3v) is 7.92. The van der Waals surface area contributed by atoms with Crippen molar-refractivity contribution in [1.29, 1.82) is 0 Å². The molecule has 7 nitrogen and oxygen atoms in total. The summed E-state index contributed by atoms with van der Waals surface area (Å²) in [5, 5.41) is 2.94. The maximum absolute atomic E-state index is 13.6. The normalized spacial score (nSPS) is 15.8. The van der Waals surface area contributed by atoms with E-state index in [9.17, 15) is 13.2 Å². The summed E-state index contributed by atoms with van der Waals surface area (Å²) in [4.78, 5) is 13.2. The second kappa shape index (κ2) is 11.5. The van der Waals surface area contributed by atoms with Gasteiger partial charge in [-0.1, -0.05) is 37.5 Å². The first-order valence-electron chi connectivity index (χ1n) is 11.5. The molecule has 1 unspecified atom stereocenters. The van der Waals surface area contributed by atoms with Crippen LogP contribution in [0.2, 0.25) is 0 Å². The van der Waals surface area contributed by atoms with Crippen molar-refractivity contribution in [3.05, 3.63) is 54.1 Å². The molecule has 1 atom stereocenters. The Labute approximate surface area is 197 Å². The van der Waals surface area contributed by atoms with Crippen LogP contribution in [-0.2, 0) is 14.8 Å². The largest absolute Gasteiger partial charge is 0.496 e. The highest BCUT2D eigenvalue weighted by Gasteiger charge is 2.34. The third-order valence-electron chi connectivity index (χ3n) is 6.01. The molecule has 2 aromatic rings. The molecule has 1 fully saturated rings. The number of nitrogens with zero attached hydrogens (tertiary/aromatic N) is 1. The van der Waals surface area contributed by atoms with Crippen LogP contribution < -0.4 is 14.8 Å². The first-order chi connectivity index (χ1) is 15.9. The minimum Gasteiger partial charge on any atom is -0.496 e. The molecule has 0 radical (unpaired) electrons. The maximum Gasteiger partial charge on any atom is 0.243 e. The number of para-hydroxylation sites is 1. The van der Waals surface area contributed by atoms with E-state index in [4.69, 9.17) is 9.47 Å². The summed E-state index contributed by atoms with van der Waals surface area (Å²) in [5.41, 5.74) is 0.840. The number of ether oxygens (including phenoxy) is 2. The number of carbonyl (C=O) groups excluding carboxylic acids is 1. The molecule has 33 heavy (non-hydrogen) atoms. The first-order valence-corrected chi connectivity index (χ1v) is 13.0. The summed E-state index contributed by atoms with van der Waals surface area (Å²) in [6.07, 6.45) is 4.51. The number of nitrogens with one attached hydrogen (secondary N) is 1. The number of methoxy groups -OCH3 is 1. The lowest BCUT2D eigenvalue weighted by molar-refractivity contribution is -0.122. The molecule has 1 aliphatic carbocycles. The SMILES string of the molecule is CCOc1ccc(S(=O)(=O)N(CC(=O)NC(C)c2ccccc2OC)C2CCCCC2)cc1. The van der Waals surface area contributed by atoms with Crippen molar-refractivity contribution in [2.45, 2.75) is 62.9 Å². The molecular formula is C25H34N2O5S. The number of hydrogen-bond donors (Lipinski definition) is 1. The number of benzene rings is 2. The van der Waals surface area contributed by atoms with Crippen molar-refractivity contribution in [3.63, 3.8) is 0 Å². The first kappa shape index (κ1) is 25.1. The Morgan fingerprint density at radius 3 is 2.39 bits per heavy atom. The summed E-state index contributed by atoms with van der Waals surface area (Å²) < 4.78 is 39.4. The van der Waals surface area contributed by atoms with E-state index in [0.717, 1.165) is 37.7 Å². The Morgan fingerprint density at radius 2 is 1.76 bits per heavy atom. The standard InChI is InChI=1S/C25H34N2O5S/c1-4-32-21-14-16-22(17-15-21)33(29,30)27(20-10-6-5-7-11-20)18-25(28)26-19(2)23-12-8-9-13-24(23)31-3/h8-9,12-17,19-20H,4-7,10-11,18H2,1-3H3,(H,26,28). The van der Waals surface area contributed by atoms with E-state index in [-0.39, 0.29) is 29.4 Å². The van der Waals surface area contributed by atoms with Crippen molar-refractivity contribution in [1.82, 2.24) is 9.62 Å². The molecular weight excluding hydrogens is 440 g/mol. The Hall–Kier alpha value is -2.58. The predicted octanol–water partition coefficient (Wildman–Crippen LogP) is 4.29. The van der Waals surface area contributed by atoms with Gasteiger partial charge in [-0.2, -0.15) is 4.31 Å². The molecule has 1 saturated carbocycles. The third kappa shape index (κ3) is 6.26. The fourth-order valence-corrected chi connectivity index (χ4v) is 5.96. The van der Waals surface area contributed by atoms with Crippen LogP contribution in [0.3, 0.4) is 0 Å². The maximum atomic E-state index is 13.6. The molecule has 1 N–H and O–H groups in total. The Morgan fingerprint density at radius 1 is 1.09 bits per heavy atom. The van der Waals surface area contributed by atoms with Gasteiger partial charge >= 0.3 is 0 Å². The topological polar surface area (TPSA) is 84.9 Å². The molecule has 2 aromatic carbocycles. The summed E-state index contributed by atoms with van der Waals surface area (Å²) in [6, 6.07) is 13.4. The second-order valence-corrected chi connectivity index (χ2v) is 10.2. The molecule has 0 aliphatic heterocycles. The van der Waals surface area contributed by atoms with Gasteiger partial charge < -0.3 is 14.8 Å². The highest BCUT2D eigenvalue weighted by molar-refractivity contribution is 7.89. The zero-order valence-corrected chi connectivity index (χ0v) is 20.4. The molecule has 0 aromatic heterocycles. The van der Waals surface area contributed by atoms with Gasteiger partial charge in [0.15, 0.2) is 0 Å². The van der Waals surface area contributed by atoms with Gasteiger partial charge in [-0.05, 0) is 57.0 Å². The van der Waals surface area contributed by atoms with Gasteiger partial charge in [-0.3, -0.25) is 4.79 Å². The summed E-state index contributed by atoms with van der Waals surface area (Å²) in [6.45, 7) is 4.02. The number of rotatable bonds is 10. The van der Waals surface area contributed by atoms with Crippen LogP contribution in [0.25, 0.3) is 0 Å². The summed E-state index contributed by atoms with van der Waals surface area (Å²) in [5.74, 6) is 0.953. The minimum atomic E-state index is -3.85. The van der Waals surface area contributed by atoms with Crippen LogP contribution in [0.15, 0.2) is 53.4 Å². The van der Waals surface area contributed by atoms with E-state index >= 15 is 0 Å². The second-order valence-electron chi connectivity index (χ2n) is 8.28. The Balaban J connectivity index is 1.81. The molecule has 0 saturated heterocycles. The van der Waals surface area contributed by atoms with E-state index in [0.29, 0.717) is 18.1 Å². The summed E-state index contributed by atoms with van der Waals surface area (Å²) >= 11 is 0. The smallest absolute Gasteiger partial charge is 0.243 e. The van der Waals surface area contributed by atoms with Gasteiger partial charge in [-0.25, -0.2) is 8.42 Å². The number of amides is 1. The number of carbonyl (C=O) groups is 1. The van der Waals surface area contributed by atoms with Gasteiger partial charge in [0.2, 0.25) is 15.9 Å². The van der Waals surface area contributed by atoms with Crippen molar-refractivity contribution in [2.75, 3.05) is 20.3 Å². The van der Waals surface area contributed by atoms with Crippen LogP contribution in [0, 0.1) is 0 Å². The Bertz CT molecular complexity index is 1020. The lowest BCUT2D eigenvalue weighted by Crippen LogP contribution is -2.47. The van der Waals surface area contributed by atoms with Gasteiger partial charge in [0, 0.05) is 11.6 Å². The van der Waals surface area contributed by atoms with E-state index in [1.165, 1.54) is 4.31 Å². The fraction of sp³-hybridized carbons (Fsp3) is 0.480. The monoisotopic (exact) mass is 474 g/mol. The zero-order chi connectivity index (χ0) is 23.8. The van der Waals surface area contributed by atoms with Gasteiger partial charge in [0.25, 0.3) is 0 Å². The molecule has 1 aliphatic rings. The van der Waals surface area contributed by atoms with Crippen LogP contribution in [-0.4, -0.2) is 44.9 Å². The molecule has 3 rings (SSSR count). The Kier molecular flexibility index (Phi) is 8.74. The van der Waals surface area contributed by atoms with Crippen molar-refractivity contribution >= 4 is 15.9 Å². The zero-order valence-electron chi connectivity index (χ0n) is 19.6. The molecule has 0 spiro atoms. The predicted molar refractivity (Wildman–Crippen MR) is 128 cm³/mol. The minimum absolute atomic E-state index is 0.169. The van der Waals surface area contributed by atoms with E-state index in [1.807, 2.05) is 38.1 Å². The van der Waals surface area contributed by atoms with Crippen molar-refractivity contribution < 1.29 is 22.7 Å². The fourth-order valence-electron chi connectivity index (χ4n) is 4.32. The van der Waals surface area contributed by atoms with E-state index in [1.54, 1.807) is 31.4 Å². The van der Waals surface area contributed by atoms with E-state index in [2.05, 4.69) is 5.32 Å². The number of hydrogen-bond acceptors (Lipinski definition) is 5. The molecule has 180 valence electrons. The highest BCUT2D eigenvalue weighted by atomic mass is 32.2. The van der Waals surface area contributed by atoms with E-state index < -0.39 is 10.0 Å². The highest BCUT2D eigenvalue weighted by Crippen LogP contribution is 2.29. The van der Waals surface area contributed by atoms with Gasteiger partial charge in [0.1, 0.15) is 11.5 Å². The van der Waals surface area contributed by atoms with Crippen LogP contribution in [0.5, 0.6) is 11.5 Å². The van der Waals surface area contributed by atoms with Crippen molar-refractivity contribution in [2.24, 2.45) is 0 Å². The molecule has 1 amide bonds. The lowest BCUT2D eigenvalue weighted by atomic mass is 9.95. The average Bonchev–Trinajstić information content (AvgIpc) is 2.83. The van der Waals surface area contributed by atoms with Crippen LogP contribution in [0.1, 0.15) is 57.6 Å². The van der Waals surface area contributed by atoms with Gasteiger partial charge in [-0.15, -0.1) is 0 Å². The molecule has 0 bridgehead atoms. The molecule has 0 heterocycles. The van der Waals surface area contributed by atoms with Crippen molar-refractivity contribution in [3.8, 4) is 11.5 Å². The summed E-state index contributed by atoms with van der Waals surface area (Å²) in [7, 11) is -2.26. The number of sulfonamides is 1. The average molecular weight is 475 g/mol. The van der Waals surface area contributed by atoms with Gasteiger partial charge in [0.05, 0.1) is 31.2 Å². The van der Waals surface area contributed by atoms with Crippen LogP contribution in [0.4, 0.5) is 0 Å². The quantitative estimate of drug-likeness (QED) is 0.555.